The Morgan fingerprint density at radius 1 is 1.27 bits per heavy atom. The Labute approximate surface area is 94.0 Å². The van der Waals surface area contributed by atoms with Crippen molar-refractivity contribution >= 4 is 11.6 Å². The van der Waals surface area contributed by atoms with Gasteiger partial charge in [-0.25, -0.2) is 9.97 Å². The van der Waals surface area contributed by atoms with Crippen molar-refractivity contribution in [1.82, 2.24) is 9.97 Å². The van der Waals surface area contributed by atoms with Gasteiger partial charge in [0.2, 0.25) is 5.28 Å². The monoisotopic (exact) mass is 218 g/mol. The van der Waals surface area contributed by atoms with Crippen LogP contribution in [0.4, 0.5) is 0 Å². The summed E-state index contributed by atoms with van der Waals surface area (Å²) in [6.45, 7) is 2.08. The molecule has 0 spiro atoms. The second-order valence-corrected chi connectivity index (χ2v) is 3.82. The van der Waals surface area contributed by atoms with Crippen LogP contribution >= 0.6 is 11.6 Å². The number of aryl methyl sites for hydroxylation is 1. The fraction of sp³-hybridized carbons (Fsp3) is 0.167. The molecule has 0 aliphatic heterocycles. The molecule has 1 aromatic heterocycles. The van der Waals surface area contributed by atoms with E-state index in [2.05, 4.69) is 35.1 Å². The first-order valence-corrected chi connectivity index (χ1v) is 5.15. The predicted molar refractivity (Wildman–Crippen MR) is 61.0 cm³/mol. The maximum Gasteiger partial charge on any atom is 0.222 e. The molecule has 1 heterocycles. The average molecular weight is 219 g/mol. The summed E-state index contributed by atoms with van der Waals surface area (Å²) >= 11 is 5.72. The van der Waals surface area contributed by atoms with E-state index in [1.54, 1.807) is 6.20 Å². The van der Waals surface area contributed by atoms with Gasteiger partial charge in [0, 0.05) is 18.3 Å². The van der Waals surface area contributed by atoms with E-state index in [0.29, 0.717) is 5.28 Å². The molecule has 0 N–H and O–H groups in total. The third-order valence-electron chi connectivity index (χ3n) is 2.15. The van der Waals surface area contributed by atoms with Gasteiger partial charge in [0.1, 0.15) is 0 Å². The van der Waals surface area contributed by atoms with Crippen molar-refractivity contribution in [2.75, 3.05) is 0 Å². The van der Waals surface area contributed by atoms with Crippen molar-refractivity contribution in [3.05, 3.63) is 58.6 Å². The zero-order valence-corrected chi connectivity index (χ0v) is 9.20. The molecule has 15 heavy (non-hydrogen) atoms. The fourth-order valence-electron chi connectivity index (χ4n) is 1.50. The van der Waals surface area contributed by atoms with Crippen molar-refractivity contribution in [2.24, 2.45) is 0 Å². The highest BCUT2D eigenvalue weighted by Crippen LogP contribution is 2.10. The van der Waals surface area contributed by atoms with Crippen molar-refractivity contribution < 1.29 is 0 Å². The number of rotatable bonds is 2. The zero-order chi connectivity index (χ0) is 10.7. The quantitative estimate of drug-likeness (QED) is 0.725. The molecule has 0 amide bonds. The molecule has 2 aromatic rings. The lowest BCUT2D eigenvalue weighted by molar-refractivity contribution is 1.03. The van der Waals surface area contributed by atoms with Gasteiger partial charge < -0.3 is 0 Å². The van der Waals surface area contributed by atoms with Gasteiger partial charge in [0.05, 0.1) is 0 Å². The SMILES string of the molecule is Cc1cccc(Cc2ccnc(Cl)n2)c1. The fourth-order valence-corrected chi connectivity index (χ4v) is 1.66. The van der Waals surface area contributed by atoms with Crippen molar-refractivity contribution in [3.63, 3.8) is 0 Å². The highest BCUT2D eigenvalue weighted by molar-refractivity contribution is 6.28. The highest BCUT2D eigenvalue weighted by atomic mass is 35.5. The van der Waals surface area contributed by atoms with Crippen molar-refractivity contribution in [3.8, 4) is 0 Å². The van der Waals surface area contributed by atoms with Gasteiger partial charge in [-0.2, -0.15) is 0 Å². The third-order valence-corrected chi connectivity index (χ3v) is 2.33. The van der Waals surface area contributed by atoms with E-state index in [1.165, 1.54) is 11.1 Å². The molecular weight excluding hydrogens is 208 g/mol. The van der Waals surface area contributed by atoms with Gasteiger partial charge in [-0.3, -0.25) is 0 Å². The number of nitrogens with zero attached hydrogens (tertiary/aromatic N) is 2. The Morgan fingerprint density at radius 2 is 2.13 bits per heavy atom. The number of hydrogen-bond donors (Lipinski definition) is 0. The van der Waals surface area contributed by atoms with E-state index < -0.39 is 0 Å². The lowest BCUT2D eigenvalue weighted by Gasteiger charge is -2.02. The molecule has 0 aliphatic rings. The van der Waals surface area contributed by atoms with Crippen LogP contribution in [0.3, 0.4) is 0 Å². The van der Waals surface area contributed by atoms with Crippen LogP contribution in [0.25, 0.3) is 0 Å². The normalized spacial score (nSPS) is 10.3. The van der Waals surface area contributed by atoms with E-state index in [-0.39, 0.29) is 0 Å². The second kappa shape index (κ2) is 4.41. The van der Waals surface area contributed by atoms with E-state index in [0.717, 1.165) is 12.1 Å². The van der Waals surface area contributed by atoms with E-state index in [4.69, 9.17) is 11.6 Å². The summed E-state index contributed by atoms with van der Waals surface area (Å²) in [5, 5.41) is 0.306. The summed E-state index contributed by atoms with van der Waals surface area (Å²) < 4.78 is 0. The van der Waals surface area contributed by atoms with Crippen LogP contribution in [0.1, 0.15) is 16.8 Å². The molecule has 0 fully saturated rings. The minimum absolute atomic E-state index is 0.306. The van der Waals surface area contributed by atoms with Crippen LogP contribution in [0, 0.1) is 6.92 Å². The van der Waals surface area contributed by atoms with Crippen LogP contribution in [0.15, 0.2) is 36.5 Å². The van der Waals surface area contributed by atoms with Gasteiger partial charge in [-0.15, -0.1) is 0 Å². The Hall–Kier alpha value is -1.41. The highest BCUT2D eigenvalue weighted by Gasteiger charge is 1.99. The minimum Gasteiger partial charge on any atom is -0.227 e. The maximum atomic E-state index is 5.72. The molecule has 0 aliphatic carbocycles. The van der Waals surface area contributed by atoms with E-state index in [1.807, 2.05) is 12.1 Å². The molecule has 0 radical (unpaired) electrons. The summed E-state index contributed by atoms with van der Waals surface area (Å²) in [6, 6.07) is 10.2. The Balaban J connectivity index is 2.22. The van der Waals surface area contributed by atoms with Crippen molar-refractivity contribution in [1.29, 1.82) is 0 Å². The molecule has 0 saturated carbocycles. The second-order valence-electron chi connectivity index (χ2n) is 3.48. The molecule has 0 bridgehead atoms. The lowest BCUT2D eigenvalue weighted by Crippen LogP contribution is -1.93. The van der Waals surface area contributed by atoms with E-state index in [9.17, 15) is 0 Å². The number of benzene rings is 1. The molecule has 2 rings (SSSR count). The first-order valence-electron chi connectivity index (χ1n) is 4.77. The first kappa shape index (κ1) is 10.1. The molecule has 1 aromatic carbocycles. The van der Waals surface area contributed by atoms with Crippen molar-refractivity contribution in [2.45, 2.75) is 13.3 Å². The Bertz CT molecular complexity index is 425. The molecule has 0 saturated heterocycles. The zero-order valence-electron chi connectivity index (χ0n) is 8.44. The number of halogens is 1. The molecule has 0 unspecified atom stereocenters. The van der Waals surface area contributed by atoms with Gasteiger partial charge in [0.15, 0.2) is 0 Å². The summed E-state index contributed by atoms with van der Waals surface area (Å²) in [5.41, 5.74) is 3.44. The summed E-state index contributed by atoms with van der Waals surface area (Å²) in [6.07, 6.45) is 2.48. The molecular formula is C12H11ClN2. The van der Waals surface area contributed by atoms with Gasteiger partial charge in [-0.05, 0) is 30.2 Å². The van der Waals surface area contributed by atoms with E-state index >= 15 is 0 Å². The van der Waals surface area contributed by atoms with Crippen LogP contribution in [0.2, 0.25) is 5.28 Å². The Kier molecular flexibility index (Phi) is 2.97. The molecule has 76 valence electrons. The summed E-state index contributed by atoms with van der Waals surface area (Å²) in [7, 11) is 0. The molecule has 2 nitrogen and oxygen atoms in total. The number of hydrogen-bond acceptors (Lipinski definition) is 2. The maximum absolute atomic E-state index is 5.72. The van der Waals surface area contributed by atoms with Crippen LogP contribution in [-0.2, 0) is 6.42 Å². The first-order chi connectivity index (χ1) is 7.24. The third kappa shape index (κ3) is 2.77. The van der Waals surface area contributed by atoms with Crippen LogP contribution in [-0.4, -0.2) is 9.97 Å². The van der Waals surface area contributed by atoms with Gasteiger partial charge >= 0.3 is 0 Å². The topological polar surface area (TPSA) is 25.8 Å². The number of aromatic nitrogens is 2. The minimum atomic E-state index is 0.306. The summed E-state index contributed by atoms with van der Waals surface area (Å²) in [4.78, 5) is 8.01. The van der Waals surface area contributed by atoms with Gasteiger partial charge in [0.25, 0.3) is 0 Å². The average Bonchev–Trinajstić information content (AvgIpc) is 2.17. The predicted octanol–water partition coefficient (Wildman–Crippen LogP) is 3.03. The molecule has 3 heteroatoms. The standard InChI is InChI=1S/C12H11ClN2/c1-9-3-2-4-10(7-9)8-11-5-6-14-12(13)15-11/h2-7H,8H2,1H3. The van der Waals surface area contributed by atoms with Gasteiger partial charge in [-0.1, -0.05) is 29.8 Å². The summed E-state index contributed by atoms with van der Waals surface area (Å²) in [5.74, 6) is 0. The molecule has 0 atom stereocenters. The Morgan fingerprint density at radius 3 is 2.87 bits per heavy atom. The van der Waals surface area contributed by atoms with Crippen LogP contribution < -0.4 is 0 Å². The smallest absolute Gasteiger partial charge is 0.222 e. The lowest BCUT2D eigenvalue weighted by atomic mass is 10.1. The van der Waals surface area contributed by atoms with Crippen LogP contribution in [0.5, 0.6) is 0 Å². The largest absolute Gasteiger partial charge is 0.227 e.